The minimum absolute atomic E-state index is 0.102. The molecule has 2 N–H and O–H groups in total. The molecule has 0 spiro atoms. The van der Waals surface area contributed by atoms with Crippen LogP contribution in [0.15, 0.2) is 24.3 Å². The van der Waals surface area contributed by atoms with Crippen LogP contribution in [0.2, 0.25) is 0 Å². The highest BCUT2D eigenvalue weighted by molar-refractivity contribution is 5.80. The first-order valence-corrected chi connectivity index (χ1v) is 6.41. The molecule has 19 heavy (non-hydrogen) atoms. The zero-order valence-corrected chi connectivity index (χ0v) is 11.8. The first-order valence-electron chi connectivity index (χ1n) is 6.41. The van der Waals surface area contributed by atoms with E-state index in [9.17, 15) is 4.79 Å². The number of benzene rings is 1. The van der Waals surface area contributed by atoms with Crippen LogP contribution in [0.25, 0.3) is 0 Å². The predicted molar refractivity (Wildman–Crippen MR) is 76.9 cm³/mol. The van der Waals surface area contributed by atoms with Gasteiger partial charge in [0.05, 0.1) is 19.0 Å². The number of nitriles is 1. The van der Waals surface area contributed by atoms with Gasteiger partial charge in [-0.05, 0) is 23.1 Å². The molecular formula is C15H21N3O. The Bertz CT molecular complexity index is 452. The van der Waals surface area contributed by atoms with E-state index in [2.05, 4.69) is 43.5 Å². The van der Waals surface area contributed by atoms with Crippen LogP contribution >= 0.6 is 0 Å². The van der Waals surface area contributed by atoms with Gasteiger partial charge < -0.3 is 10.6 Å². The van der Waals surface area contributed by atoms with E-state index in [0.29, 0.717) is 13.0 Å². The van der Waals surface area contributed by atoms with Crippen LogP contribution in [-0.4, -0.2) is 19.0 Å². The Labute approximate surface area is 114 Å². The minimum Gasteiger partial charge on any atom is -0.376 e. The van der Waals surface area contributed by atoms with Crippen LogP contribution in [0.4, 0.5) is 5.69 Å². The molecule has 4 nitrogen and oxygen atoms in total. The lowest BCUT2D eigenvalue weighted by atomic mass is 9.87. The van der Waals surface area contributed by atoms with Gasteiger partial charge in [-0.25, -0.2) is 0 Å². The van der Waals surface area contributed by atoms with Crippen molar-refractivity contribution in [3.63, 3.8) is 0 Å². The van der Waals surface area contributed by atoms with Crippen molar-refractivity contribution in [3.05, 3.63) is 29.8 Å². The molecule has 1 aromatic rings. The van der Waals surface area contributed by atoms with Crippen molar-refractivity contribution in [2.45, 2.75) is 32.6 Å². The lowest BCUT2D eigenvalue weighted by Crippen LogP contribution is -2.30. The van der Waals surface area contributed by atoms with Crippen LogP contribution < -0.4 is 10.6 Å². The average molecular weight is 259 g/mol. The maximum Gasteiger partial charge on any atom is 0.239 e. The molecule has 4 heteroatoms. The number of rotatable bonds is 5. The van der Waals surface area contributed by atoms with Crippen molar-refractivity contribution in [2.75, 3.05) is 18.4 Å². The van der Waals surface area contributed by atoms with Crippen molar-refractivity contribution in [2.24, 2.45) is 0 Å². The zero-order chi connectivity index (χ0) is 14.3. The molecule has 0 saturated heterocycles. The molecule has 0 saturated carbocycles. The lowest BCUT2D eigenvalue weighted by molar-refractivity contribution is -0.119. The van der Waals surface area contributed by atoms with Gasteiger partial charge in [0.2, 0.25) is 5.91 Å². The number of carbonyl (C=O) groups excluding carboxylic acids is 1. The molecule has 1 amide bonds. The van der Waals surface area contributed by atoms with Crippen molar-refractivity contribution in [1.29, 1.82) is 5.26 Å². The van der Waals surface area contributed by atoms with E-state index in [-0.39, 0.29) is 17.9 Å². The van der Waals surface area contributed by atoms with Gasteiger partial charge in [0, 0.05) is 12.2 Å². The van der Waals surface area contributed by atoms with Crippen LogP contribution in [-0.2, 0) is 10.2 Å². The van der Waals surface area contributed by atoms with Crippen molar-refractivity contribution in [3.8, 4) is 6.07 Å². The molecule has 1 aromatic carbocycles. The minimum atomic E-state index is -0.102. The molecule has 0 aromatic heterocycles. The second kappa shape index (κ2) is 6.79. The molecule has 0 atom stereocenters. The quantitative estimate of drug-likeness (QED) is 0.798. The van der Waals surface area contributed by atoms with E-state index in [0.717, 1.165) is 5.69 Å². The standard InChI is InChI=1S/C15H21N3O/c1-15(2,3)12-5-7-13(8-6-12)18-11-14(19)17-10-4-9-16/h5-8,18H,4,10-11H2,1-3H3,(H,17,19). The highest BCUT2D eigenvalue weighted by Gasteiger charge is 2.12. The number of anilines is 1. The third-order valence-corrected chi connectivity index (χ3v) is 2.76. The monoisotopic (exact) mass is 259 g/mol. The summed E-state index contributed by atoms with van der Waals surface area (Å²) in [4.78, 5) is 11.4. The van der Waals surface area contributed by atoms with Gasteiger partial charge in [-0.3, -0.25) is 4.79 Å². The van der Waals surface area contributed by atoms with Gasteiger partial charge >= 0.3 is 0 Å². The summed E-state index contributed by atoms with van der Waals surface area (Å²) in [5.74, 6) is -0.102. The van der Waals surface area contributed by atoms with Crippen LogP contribution in [0.1, 0.15) is 32.8 Å². The lowest BCUT2D eigenvalue weighted by Gasteiger charge is -2.19. The summed E-state index contributed by atoms with van der Waals surface area (Å²) < 4.78 is 0. The van der Waals surface area contributed by atoms with Gasteiger partial charge in [0.25, 0.3) is 0 Å². The smallest absolute Gasteiger partial charge is 0.239 e. The van der Waals surface area contributed by atoms with E-state index >= 15 is 0 Å². The van der Waals surface area contributed by atoms with Gasteiger partial charge in [-0.1, -0.05) is 32.9 Å². The molecule has 0 unspecified atom stereocenters. The molecule has 1 rings (SSSR count). The van der Waals surface area contributed by atoms with Crippen LogP contribution in [0.3, 0.4) is 0 Å². The van der Waals surface area contributed by atoms with Crippen molar-refractivity contribution >= 4 is 11.6 Å². The maximum atomic E-state index is 11.4. The third kappa shape index (κ3) is 5.43. The van der Waals surface area contributed by atoms with Gasteiger partial charge in [0.1, 0.15) is 0 Å². The first kappa shape index (κ1) is 15.0. The summed E-state index contributed by atoms with van der Waals surface area (Å²) in [6.45, 7) is 7.12. The average Bonchev–Trinajstić information content (AvgIpc) is 2.36. The molecule has 0 aliphatic rings. The molecule has 0 aliphatic carbocycles. The van der Waals surface area contributed by atoms with Crippen molar-refractivity contribution in [1.82, 2.24) is 5.32 Å². The maximum absolute atomic E-state index is 11.4. The van der Waals surface area contributed by atoms with E-state index in [1.807, 2.05) is 18.2 Å². The van der Waals surface area contributed by atoms with Crippen LogP contribution in [0.5, 0.6) is 0 Å². The summed E-state index contributed by atoms with van der Waals surface area (Å²) in [5.41, 5.74) is 2.31. The summed E-state index contributed by atoms with van der Waals surface area (Å²) in [6.07, 6.45) is 0.339. The summed E-state index contributed by atoms with van der Waals surface area (Å²) in [7, 11) is 0. The highest BCUT2D eigenvalue weighted by Crippen LogP contribution is 2.23. The zero-order valence-electron chi connectivity index (χ0n) is 11.8. The Morgan fingerprint density at radius 3 is 2.42 bits per heavy atom. The molecular weight excluding hydrogens is 238 g/mol. The Morgan fingerprint density at radius 1 is 1.26 bits per heavy atom. The number of amides is 1. The fraction of sp³-hybridized carbons (Fsp3) is 0.467. The number of nitrogens with zero attached hydrogens (tertiary/aromatic N) is 1. The largest absolute Gasteiger partial charge is 0.376 e. The fourth-order valence-electron chi connectivity index (χ4n) is 1.59. The van der Waals surface area contributed by atoms with E-state index < -0.39 is 0 Å². The normalized spacial score (nSPS) is 10.6. The third-order valence-electron chi connectivity index (χ3n) is 2.76. The number of hydrogen-bond acceptors (Lipinski definition) is 3. The SMILES string of the molecule is CC(C)(C)c1ccc(NCC(=O)NCCC#N)cc1. The molecule has 0 aliphatic heterocycles. The highest BCUT2D eigenvalue weighted by atomic mass is 16.1. The second-order valence-corrected chi connectivity index (χ2v) is 5.44. The van der Waals surface area contributed by atoms with Crippen molar-refractivity contribution < 1.29 is 4.79 Å². The fourth-order valence-corrected chi connectivity index (χ4v) is 1.59. The molecule has 0 heterocycles. The molecule has 0 radical (unpaired) electrons. The predicted octanol–water partition coefficient (Wildman–Crippen LogP) is 2.43. The number of hydrogen-bond donors (Lipinski definition) is 2. The number of nitrogens with one attached hydrogen (secondary N) is 2. The molecule has 0 fully saturated rings. The van der Waals surface area contributed by atoms with Gasteiger partial charge in [-0.2, -0.15) is 5.26 Å². The van der Waals surface area contributed by atoms with E-state index in [1.54, 1.807) is 0 Å². The Balaban J connectivity index is 2.42. The molecule has 0 bridgehead atoms. The van der Waals surface area contributed by atoms with E-state index in [4.69, 9.17) is 5.26 Å². The van der Waals surface area contributed by atoms with Crippen LogP contribution in [0, 0.1) is 11.3 Å². The summed E-state index contributed by atoms with van der Waals surface area (Å²) >= 11 is 0. The number of carbonyl (C=O) groups is 1. The summed E-state index contributed by atoms with van der Waals surface area (Å²) in [6, 6.07) is 10.1. The topological polar surface area (TPSA) is 64.9 Å². The van der Waals surface area contributed by atoms with Gasteiger partial charge in [0.15, 0.2) is 0 Å². The second-order valence-electron chi connectivity index (χ2n) is 5.44. The first-order chi connectivity index (χ1) is 8.93. The Morgan fingerprint density at radius 2 is 1.89 bits per heavy atom. The molecule has 102 valence electrons. The summed E-state index contributed by atoms with van der Waals surface area (Å²) in [5, 5.41) is 14.1. The van der Waals surface area contributed by atoms with E-state index in [1.165, 1.54) is 5.56 Å². The van der Waals surface area contributed by atoms with Gasteiger partial charge in [-0.15, -0.1) is 0 Å². The Hall–Kier alpha value is -2.02. The Kier molecular flexibility index (Phi) is 5.37.